The highest BCUT2D eigenvalue weighted by Crippen LogP contribution is 2.36. The number of benzene rings is 3. The standard InChI is InChI=1S/C28H23N5O4S/c1-37-26-25(38(35,36)32-14-13-18-7-5-6-10-24(18)32)16-20(17-30-26)19-11-12-23-22(15-19)27(34)33(28(29)31-23)21-8-3-2-4-9-21/h2-12,15-17H,13-14H2,1H3,(H2,29,31). The second-order valence-electron chi connectivity index (χ2n) is 8.87. The van der Waals surface area contributed by atoms with Crippen LogP contribution in [0.5, 0.6) is 5.88 Å². The lowest BCUT2D eigenvalue weighted by Gasteiger charge is -2.21. The third-order valence-corrected chi connectivity index (χ3v) is 8.47. The summed E-state index contributed by atoms with van der Waals surface area (Å²) in [6, 6.07) is 23.1. The van der Waals surface area contributed by atoms with E-state index in [0.717, 1.165) is 5.56 Å². The van der Waals surface area contributed by atoms with E-state index < -0.39 is 10.0 Å². The number of methoxy groups -OCH3 is 1. The molecule has 0 unspecified atom stereocenters. The number of hydrogen-bond donors (Lipinski definition) is 1. The lowest BCUT2D eigenvalue weighted by Crippen LogP contribution is -2.29. The predicted octanol–water partition coefficient (Wildman–Crippen LogP) is 3.79. The van der Waals surface area contributed by atoms with Gasteiger partial charge in [-0.2, -0.15) is 0 Å². The van der Waals surface area contributed by atoms with Crippen molar-refractivity contribution in [3.8, 4) is 22.7 Å². The van der Waals surface area contributed by atoms with Crippen molar-refractivity contribution in [3.63, 3.8) is 0 Å². The maximum absolute atomic E-state index is 13.8. The number of hydrogen-bond acceptors (Lipinski definition) is 7. The molecule has 0 radical (unpaired) electrons. The van der Waals surface area contributed by atoms with Gasteiger partial charge in [-0.25, -0.2) is 23.0 Å². The zero-order chi connectivity index (χ0) is 26.4. The van der Waals surface area contributed by atoms with Gasteiger partial charge in [-0.05, 0) is 53.9 Å². The number of nitrogens with zero attached hydrogens (tertiary/aromatic N) is 4. The maximum atomic E-state index is 13.8. The summed E-state index contributed by atoms with van der Waals surface area (Å²) in [5, 5.41) is 0.342. The van der Waals surface area contributed by atoms with Gasteiger partial charge in [0.1, 0.15) is 0 Å². The lowest BCUT2D eigenvalue weighted by atomic mass is 10.1. The van der Waals surface area contributed by atoms with Crippen molar-refractivity contribution in [1.29, 1.82) is 0 Å². The number of pyridine rings is 1. The summed E-state index contributed by atoms with van der Waals surface area (Å²) < 4.78 is 35.7. The van der Waals surface area contributed by atoms with Crippen LogP contribution in [-0.4, -0.2) is 36.6 Å². The van der Waals surface area contributed by atoms with Crippen molar-refractivity contribution >= 4 is 32.6 Å². The summed E-state index contributed by atoms with van der Waals surface area (Å²) in [7, 11) is -2.59. The van der Waals surface area contributed by atoms with Gasteiger partial charge in [0, 0.05) is 18.3 Å². The van der Waals surface area contributed by atoms with Crippen LogP contribution in [0.2, 0.25) is 0 Å². The second-order valence-corrected chi connectivity index (χ2v) is 10.7. The average Bonchev–Trinajstić information content (AvgIpc) is 3.38. The molecule has 3 heterocycles. The molecule has 0 saturated heterocycles. The molecule has 3 aromatic carbocycles. The number of fused-ring (bicyclic) bond motifs is 2. The van der Waals surface area contributed by atoms with Crippen LogP contribution in [0.1, 0.15) is 5.56 Å². The molecule has 2 N–H and O–H groups in total. The van der Waals surface area contributed by atoms with Crippen molar-refractivity contribution in [2.75, 3.05) is 23.7 Å². The zero-order valence-electron chi connectivity index (χ0n) is 20.4. The molecule has 0 aliphatic carbocycles. The Morgan fingerprint density at radius 2 is 1.71 bits per heavy atom. The molecule has 0 amide bonds. The fraction of sp³-hybridized carbons (Fsp3) is 0.107. The number of nitrogen functional groups attached to an aromatic ring is 1. The van der Waals surface area contributed by atoms with Crippen molar-refractivity contribution in [3.05, 3.63) is 101 Å². The Labute approximate surface area is 218 Å². The first-order chi connectivity index (χ1) is 18.4. The summed E-state index contributed by atoms with van der Waals surface area (Å²) in [4.78, 5) is 22.1. The van der Waals surface area contributed by atoms with Crippen molar-refractivity contribution in [1.82, 2.24) is 14.5 Å². The third kappa shape index (κ3) is 3.77. The molecule has 0 bridgehead atoms. The molecule has 0 fully saturated rings. The molecule has 0 spiro atoms. The van der Waals surface area contributed by atoms with Crippen LogP contribution >= 0.6 is 0 Å². The molecule has 190 valence electrons. The highest BCUT2D eigenvalue weighted by molar-refractivity contribution is 7.93. The maximum Gasteiger partial charge on any atom is 0.269 e. The van der Waals surface area contributed by atoms with E-state index in [1.54, 1.807) is 36.4 Å². The van der Waals surface area contributed by atoms with Gasteiger partial charge in [-0.15, -0.1) is 0 Å². The highest BCUT2D eigenvalue weighted by atomic mass is 32.2. The SMILES string of the molecule is COc1ncc(-c2ccc3nc(N)n(-c4ccccc4)c(=O)c3c2)cc1S(=O)(=O)N1CCc2ccccc21. The van der Waals surface area contributed by atoms with Gasteiger partial charge in [0.15, 0.2) is 4.90 Å². The smallest absolute Gasteiger partial charge is 0.269 e. The molecule has 10 heteroatoms. The number of para-hydroxylation sites is 2. The first-order valence-electron chi connectivity index (χ1n) is 11.9. The first kappa shape index (κ1) is 23.7. The summed E-state index contributed by atoms with van der Waals surface area (Å²) in [6.07, 6.45) is 2.15. The molecule has 6 rings (SSSR count). The summed E-state index contributed by atoms with van der Waals surface area (Å²) in [5.41, 5.74) is 9.56. The molecular weight excluding hydrogens is 502 g/mol. The molecule has 1 aliphatic rings. The Balaban J connectivity index is 1.48. The molecular formula is C28H23N5O4S. The monoisotopic (exact) mass is 525 g/mol. The number of aromatic nitrogens is 3. The normalized spacial score (nSPS) is 13.0. The van der Waals surface area contributed by atoms with E-state index in [2.05, 4.69) is 9.97 Å². The fourth-order valence-electron chi connectivity index (χ4n) is 4.81. The zero-order valence-corrected chi connectivity index (χ0v) is 21.2. The molecule has 2 aromatic heterocycles. The Bertz CT molecular complexity index is 1870. The summed E-state index contributed by atoms with van der Waals surface area (Å²) in [5.74, 6) is 0.0756. The Morgan fingerprint density at radius 3 is 2.50 bits per heavy atom. The van der Waals surface area contributed by atoms with E-state index in [0.29, 0.717) is 46.4 Å². The van der Waals surface area contributed by atoms with E-state index in [-0.39, 0.29) is 22.3 Å². The largest absolute Gasteiger partial charge is 0.480 e. The topological polar surface area (TPSA) is 120 Å². The molecule has 1 aliphatic heterocycles. The summed E-state index contributed by atoms with van der Waals surface area (Å²) >= 11 is 0. The fourth-order valence-corrected chi connectivity index (χ4v) is 6.45. The van der Waals surface area contributed by atoms with Gasteiger partial charge < -0.3 is 10.5 Å². The van der Waals surface area contributed by atoms with Crippen LogP contribution in [0.3, 0.4) is 0 Å². The first-order valence-corrected chi connectivity index (χ1v) is 13.4. The Hall–Kier alpha value is -4.70. The lowest BCUT2D eigenvalue weighted by molar-refractivity contribution is 0.385. The molecule has 38 heavy (non-hydrogen) atoms. The average molecular weight is 526 g/mol. The number of anilines is 2. The summed E-state index contributed by atoms with van der Waals surface area (Å²) in [6.45, 7) is 0.331. The van der Waals surface area contributed by atoms with Crippen LogP contribution in [0.25, 0.3) is 27.7 Å². The van der Waals surface area contributed by atoms with Crippen LogP contribution in [-0.2, 0) is 16.4 Å². The molecule has 0 atom stereocenters. The number of rotatable bonds is 5. The second kappa shape index (κ2) is 9.00. The van der Waals surface area contributed by atoms with Gasteiger partial charge in [0.05, 0.1) is 29.4 Å². The van der Waals surface area contributed by atoms with Crippen molar-refractivity contribution < 1.29 is 13.2 Å². The quantitative estimate of drug-likeness (QED) is 0.371. The Morgan fingerprint density at radius 1 is 0.947 bits per heavy atom. The minimum atomic E-state index is -3.97. The van der Waals surface area contributed by atoms with E-state index in [1.165, 1.54) is 28.2 Å². The van der Waals surface area contributed by atoms with Gasteiger partial charge in [0.25, 0.3) is 15.6 Å². The van der Waals surface area contributed by atoms with Gasteiger partial charge in [-0.3, -0.25) is 9.10 Å². The third-order valence-electron chi connectivity index (χ3n) is 6.67. The van der Waals surface area contributed by atoms with Crippen LogP contribution in [0.4, 0.5) is 11.6 Å². The van der Waals surface area contributed by atoms with Crippen molar-refractivity contribution in [2.45, 2.75) is 11.3 Å². The van der Waals surface area contributed by atoms with Gasteiger partial charge in [0.2, 0.25) is 11.8 Å². The minimum absolute atomic E-state index is 0.000191. The van der Waals surface area contributed by atoms with E-state index in [9.17, 15) is 13.2 Å². The number of sulfonamides is 1. The van der Waals surface area contributed by atoms with Crippen LogP contribution in [0, 0.1) is 0 Å². The molecule has 9 nitrogen and oxygen atoms in total. The number of ether oxygens (including phenoxy) is 1. The predicted molar refractivity (Wildman–Crippen MR) is 146 cm³/mol. The van der Waals surface area contributed by atoms with E-state index in [4.69, 9.17) is 10.5 Å². The number of nitrogens with two attached hydrogens (primary N) is 1. The van der Waals surface area contributed by atoms with Gasteiger partial charge in [-0.1, -0.05) is 42.5 Å². The highest BCUT2D eigenvalue weighted by Gasteiger charge is 2.33. The van der Waals surface area contributed by atoms with Crippen LogP contribution < -0.4 is 20.3 Å². The van der Waals surface area contributed by atoms with Crippen LogP contribution in [0.15, 0.2) is 94.7 Å². The molecule has 5 aromatic rings. The van der Waals surface area contributed by atoms with E-state index in [1.807, 2.05) is 36.4 Å². The minimum Gasteiger partial charge on any atom is -0.480 e. The Kier molecular flexibility index (Phi) is 5.61. The molecule has 0 saturated carbocycles. The van der Waals surface area contributed by atoms with Crippen molar-refractivity contribution in [2.24, 2.45) is 0 Å². The van der Waals surface area contributed by atoms with Gasteiger partial charge >= 0.3 is 0 Å². The van der Waals surface area contributed by atoms with E-state index >= 15 is 0 Å².